The lowest BCUT2D eigenvalue weighted by Crippen LogP contribution is -2.30. The summed E-state index contributed by atoms with van der Waals surface area (Å²) in [6.07, 6.45) is 12.5. The van der Waals surface area contributed by atoms with Crippen molar-refractivity contribution in [2.24, 2.45) is 11.8 Å². The highest BCUT2D eigenvalue weighted by atomic mass is 16.1. The van der Waals surface area contributed by atoms with E-state index in [2.05, 4.69) is 26.0 Å². The predicted octanol–water partition coefficient (Wildman–Crippen LogP) is 4.44. The Hall–Kier alpha value is -0.850. The van der Waals surface area contributed by atoms with E-state index >= 15 is 0 Å². The van der Waals surface area contributed by atoms with Crippen molar-refractivity contribution in [2.45, 2.75) is 58.8 Å². The van der Waals surface area contributed by atoms with Gasteiger partial charge in [-0.2, -0.15) is 0 Å². The second-order valence-electron chi connectivity index (χ2n) is 5.85. The summed E-state index contributed by atoms with van der Waals surface area (Å²) >= 11 is 0. The Morgan fingerprint density at radius 3 is 3.06 bits per heavy atom. The number of hydrogen-bond donors (Lipinski definition) is 0. The first kappa shape index (κ1) is 12.6. The Bertz CT molecular complexity index is 345. The van der Waals surface area contributed by atoms with Gasteiger partial charge in [0, 0.05) is 12.3 Å². The van der Waals surface area contributed by atoms with Crippen molar-refractivity contribution in [3.05, 3.63) is 23.3 Å². The summed E-state index contributed by atoms with van der Waals surface area (Å²) < 4.78 is 0. The molecule has 0 spiro atoms. The van der Waals surface area contributed by atoms with Gasteiger partial charge in [0.25, 0.3) is 0 Å². The van der Waals surface area contributed by atoms with Crippen LogP contribution in [0.25, 0.3) is 0 Å². The topological polar surface area (TPSA) is 17.1 Å². The van der Waals surface area contributed by atoms with Gasteiger partial charge < -0.3 is 0 Å². The van der Waals surface area contributed by atoms with Crippen LogP contribution in [0.1, 0.15) is 58.8 Å². The van der Waals surface area contributed by atoms with Crippen LogP contribution in [0.2, 0.25) is 0 Å². The smallest absolute Gasteiger partial charge is 0.136 e. The van der Waals surface area contributed by atoms with E-state index in [1.165, 1.54) is 31.3 Å². The Morgan fingerprint density at radius 2 is 2.29 bits per heavy atom. The largest absolute Gasteiger partial charge is 0.299 e. The van der Waals surface area contributed by atoms with Crippen LogP contribution < -0.4 is 0 Å². The molecule has 0 unspecified atom stereocenters. The molecular formula is C16H24O. The average Bonchev–Trinajstić information content (AvgIpc) is 2.29. The summed E-state index contributed by atoms with van der Waals surface area (Å²) in [7, 11) is 0. The van der Waals surface area contributed by atoms with Crippen LogP contribution in [0.3, 0.4) is 0 Å². The molecule has 0 aromatic rings. The zero-order valence-electron chi connectivity index (χ0n) is 11.2. The summed E-state index contributed by atoms with van der Waals surface area (Å²) in [5.41, 5.74) is 3.01. The summed E-state index contributed by atoms with van der Waals surface area (Å²) in [4.78, 5) is 11.8. The number of carbonyl (C=O) groups is 1. The average molecular weight is 232 g/mol. The first-order valence-corrected chi connectivity index (χ1v) is 7.01. The number of ketones is 1. The van der Waals surface area contributed by atoms with Gasteiger partial charge in [-0.05, 0) is 58.3 Å². The molecule has 0 amide bonds. The molecule has 94 valence electrons. The van der Waals surface area contributed by atoms with Crippen molar-refractivity contribution in [3.8, 4) is 0 Å². The lowest BCUT2D eigenvalue weighted by atomic mass is 9.70. The van der Waals surface area contributed by atoms with Crippen LogP contribution in [-0.4, -0.2) is 5.78 Å². The van der Waals surface area contributed by atoms with Crippen LogP contribution in [0.5, 0.6) is 0 Å². The van der Waals surface area contributed by atoms with Gasteiger partial charge in [0.2, 0.25) is 0 Å². The third-order valence-corrected chi connectivity index (χ3v) is 4.18. The molecule has 17 heavy (non-hydrogen) atoms. The molecule has 2 atom stereocenters. The van der Waals surface area contributed by atoms with Crippen molar-refractivity contribution in [1.29, 1.82) is 0 Å². The van der Waals surface area contributed by atoms with Crippen molar-refractivity contribution >= 4 is 5.78 Å². The molecular weight excluding hydrogens is 208 g/mol. The number of allylic oxidation sites excluding steroid dienone is 4. The highest BCUT2D eigenvalue weighted by molar-refractivity contribution is 5.82. The van der Waals surface area contributed by atoms with Gasteiger partial charge in [0.05, 0.1) is 0 Å². The molecule has 0 heterocycles. The van der Waals surface area contributed by atoms with Gasteiger partial charge in [-0.3, -0.25) is 4.79 Å². The fourth-order valence-corrected chi connectivity index (χ4v) is 3.22. The second-order valence-corrected chi connectivity index (χ2v) is 5.85. The molecule has 1 heteroatoms. The lowest BCUT2D eigenvalue weighted by molar-refractivity contribution is -0.126. The molecule has 0 aromatic carbocycles. The Balaban J connectivity index is 1.90. The van der Waals surface area contributed by atoms with E-state index in [-0.39, 0.29) is 0 Å². The predicted molar refractivity (Wildman–Crippen MR) is 71.8 cm³/mol. The van der Waals surface area contributed by atoms with Gasteiger partial charge in [0.15, 0.2) is 0 Å². The van der Waals surface area contributed by atoms with E-state index in [9.17, 15) is 4.79 Å². The molecule has 2 rings (SSSR count). The van der Waals surface area contributed by atoms with E-state index in [4.69, 9.17) is 0 Å². The number of hydrogen-bond acceptors (Lipinski definition) is 1. The maximum atomic E-state index is 11.8. The van der Waals surface area contributed by atoms with Crippen LogP contribution in [0.4, 0.5) is 0 Å². The molecule has 0 bridgehead atoms. The second kappa shape index (κ2) is 5.66. The van der Waals surface area contributed by atoms with Crippen molar-refractivity contribution < 1.29 is 4.79 Å². The van der Waals surface area contributed by atoms with E-state index in [0.29, 0.717) is 17.6 Å². The Labute approximate surface area is 105 Å². The van der Waals surface area contributed by atoms with Crippen LogP contribution in [-0.2, 0) is 4.79 Å². The number of fused-ring (bicyclic) bond motifs is 1. The minimum atomic E-state index is 0.371. The van der Waals surface area contributed by atoms with Crippen LogP contribution >= 0.6 is 0 Å². The number of Topliss-reactive ketones (excluding diaryl/α,β-unsaturated/α-hetero) is 1. The molecule has 1 saturated carbocycles. The molecule has 0 radical (unpaired) electrons. The molecule has 1 nitrogen and oxygen atoms in total. The number of rotatable bonds is 3. The molecule has 0 aliphatic heterocycles. The van der Waals surface area contributed by atoms with Gasteiger partial charge >= 0.3 is 0 Å². The van der Waals surface area contributed by atoms with Gasteiger partial charge in [0.1, 0.15) is 5.78 Å². The zero-order chi connectivity index (χ0) is 12.3. The van der Waals surface area contributed by atoms with Gasteiger partial charge in [-0.1, -0.05) is 23.3 Å². The highest BCUT2D eigenvalue weighted by Crippen LogP contribution is 2.39. The molecule has 0 aromatic heterocycles. The molecule has 1 fully saturated rings. The highest BCUT2D eigenvalue weighted by Gasteiger charge is 2.33. The minimum Gasteiger partial charge on any atom is -0.299 e. The first-order chi connectivity index (χ1) is 8.16. The normalized spacial score (nSPS) is 28.4. The third-order valence-electron chi connectivity index (χ3n) is 4.18. The quantitative estimate of drug-likeness (QED) is 0.657. The standard InChI is InChI=1S/C16H24O/c1-12(2)5-3-6-13-9-10-15-14(11-13)7-4-8-16(15)17/h5,9,14-15H,3-4,6-8,10-11H2,1-2H3/t14-,15-/m1/s1. The van der Waals surface area contributed by atoms with E-state index < -0.39 is 0 Å². The first-order valence-electron chi connectivity index (χ1n) is 7.01. The van der Waals surface area contributed by atoms with E-state index in [1.54, 1.807) is 5.57 Å². The summed E-state index contributed by atoms with van der Waals surface area (Å²) in [5.74, 6) is 1.57. The third kappa shape index (κ3) is 3.31. The van der Waals surface area contributed by atoms with Crippen molar-refractivity contribution in [2.75, 3.05) is 0 Å². The molecule has 0 saturated heterocycles. The molecule has 2 aliphatic rings. The fraction of sp³-hybridized carbons (Fsp3) is 0.688. The Kier molecular flexibility index (Phi) is 4.20. The fourth-order valence-electron chi connectivity index (χ4n) is 3.22. The van der Waals surface area contributed by atoms with Crippen LogP contribution in [0, 0.1) is 11.8 Å². The van der Waals surface area contributed by atoms with Crippen molar-refractivity contribution in [3.63, 3.8) is 0 Å². The van der Waals surface area contributed by atoms with Gasteiger partial charge in [-0.25, -0.2) is 0 Å². The molecule has 2 aliphatic carbocycles. The van der Waals surface area contributed by atoms with Gasteiger partial charge in [-0.15, -0.1) is 0 Å². The Morgan fingerprint density at radius 1 is 1.47 bits per heavy atom. The number of carbonyl (C=O) groups excluding carboxylic acids is 1. The summed E-state index contributed by atoms with van der Waals surface area (Å²) in [6.45, 7) is 4.32. The lowest BCUT2D eigenvalue weighted by Gasteiger charge is -2.34. The maximum Gasteiger partial charge on any atom is 0.136 e. The van der Waals surface area contributed by atoms with E-state index in [0.717, 1.165) is 19.3 Å². The molecule has 0 N–H and O–H groups in total. The maximum absolute atomic E-state index is 11.8. The van der Waals surface area contributed by atoms with E-state index in [1.807, 2.05) is 0 Å². The van der Waals surface area contributed by atoms with Crippen LogP contribution in [0.15, 0.2) is 23.3 Å². The summed E-state index contributed by atoms with van der Waals surface area (Å²) in [6, 6.07) is 0. The minimum absolute atomic E-state index is 0.371. The zero-order valence-corrected chi connectivity index (χ0v) is 11.2. The SMILES string of the molecule is CC(C)=CCCC1=CC[C@H]2C(=O)CCC[C@@H]2C1. The summed E-state index contributed by atoms with van der Waals surface area (Å²) in [5, 5.41) is 0. The van der Waals surface area contributed by atoms with Crippen molar-refractivity contribution in [1.82, 2.24) is 0 Å². The monoisotopic (exact) mass is 232 g/mol.